The van der Waals surface area contributed by atoms with Crippen LogP contribution in [0.25, 0.3) is 71.0 Å². The van der Waals surface area contributed by atoms with E-state index in [9.17, 15) is 0 Å². The van der Waals surface area contributed by atoms with Gasteiger partial charge >= 0.3 is 0 Å². The summed E-state index contributed by atoms with van der Waals surface area (Å²) in [6.07, 6.45) is 2.31. The van der Waals surface area contributed by atoms with Crippen molar-refractivity contribution in [3.63, 3.8) is 0 Å². The van der Waals surface area contributed by atoms with E-state index in [0.29, 0.717) is 0 Å². The number of benzene rings is 9. The maximum Gasteiger partial charge on any atom is 0.104 e. The first-order chi connectivity index (χ1) is 27.0. The molecule has 2 atom stereocenters. The molecule has 1 heterocycles. The summed E-state index contributed by atoms with van der Waals surface area (Å²) in [5.41, 5.74) is 12.7. The molecular formula is C53H40N2. The van der Waals surface area contributed by atoms with E-state index >= 15 is 0 Å². The zero-order valence-electron chi connectivity index (χ0n) is 31.0. The van der Waals surface area contributed by atoms with E-state index in [2.05, 4.69) is 206 Å². The lowest BCUT2D eigenvalue weighted by Crippen LogP contribution is -2.39. The van der Waals surface area contributed by atoms with E-state index in [1.165, 1.54) is 93.2 Å². The molecule has 0 bridgehead atoms. The quantitative estimate of drug-likeness (QED) is 0.178. The Balaban J connectivity index is 1.05. The molecule has 0 aromatic heterocycles. The van der Waals surface area contributed by atoms with Gasteiger partial charge in [-0.1, -0.05) is 166 Å². The first-order valence-corrected chi connectivity index (χ1v) is 19.4. The lowest BCUT2D eigenvalue weighted by atomic mass is 9.81. The average Bonchev–Trinajstić information content (AvgIpc) is 3.48. The van der Waals surface area contributed by atoms with Crippen LogP contribution >= 0.6 is 0 Å². The van der Waals surface area contributed by atoms with E-state index in [1.54, 1.807) is 0 Å². The molecule has 0 spiro atoms. The van der Waals surface area contributed by atoms with Gasteiger partial charge in [0.2, 0.25) is 0 Å². The minimum Gasteiger partial charge on any atom is -0.366 e. The molecule has 0 amide bonds. The second kappa shape index (κ2) is 12.3. The summed E-state index contributed by atoms with van der Waals surface area (Å²) in [5.74, 6) is 0. The fraction of sp³-hybridized carbons (Fsp3) is 0.0943. The predicted molar refractivity (Wildman–Crippen MR) is 232 cm³/mol. The molecule has 55 heavy (non-hydrogen) atoms. The molecule has 9 aromatic carbocycles. The first-order valence-electron chi connectivity index (χ1n) is 19.4. The number of hydrogen-bond acceptors (Lipinski definition) is 2. The normalized spacial score (nSPS) is 17.2. The molecule has 2 unspecified atom stereocenters. The third-order valence-corrected chi connectivity index (χ3v) is 12.3. The highest BCUT2D eigenvalue weighted by molar-refractivity contribution is 6.25. The lowest BCUT2D eigenvalue weighted by molar-refractivity contribution is 0.443. The van der Waals surface area contributed by atoms with Gasteiger partial charge < -0.3 is 5.32 Å². The Labute approximate surface area is 321 Å². The van der Waals surface area contributed by atoms with Crippen LogP contribution in [-0.2, 0) is 5.41 Å². The Morgan fingerprint density at radius 1 is 0.436 bits per heavy atom. The molecule has 0 saturated heterocycles. The lowest BCUT2D eigenvalue weighted by Gasteiger charge is -2.33. The minimum atomic E-state index is -0.0883. The maximum absolute atomic E-state index is 3.96. The van der Waals surface area contributed by atoms with Crippen LogP contribution in [0.2, 0.25) is 0 Å². The summed E-state index contributed by atoms with van der Waals surface area (Å²) < 4.78 is 0. The Morgan fingerprint density at radius 2 is 1.05 bits per heavy atom. The Morgan fingerprint density at radius 3 is 1.80 bits per heavy atom. The topological polar surface area (TPSA) is 24.1 Å². The number of hydrogen-bond donors (Lipinski definition) is 2. The Hall–Kier alpha value is -6.48. The van der Waals surface area contributed by atoms with Crippen LogP contribution in [-0.4, -0.2) is 0 Å². The monoisotopic (exact) mass is 704 g/mol. The van der Waals surface area contributed by atoms with E-state index in [4.69, 9.17) is 0 Å². The first kappa shape index (κ1) is 32.0. The van der Waals surface area contributed by atoms with Gasteiger partial charge in [-0.15, -0.1) is 0 Å². The summed E-state index contributed by atoms with van der Waals surface area (Å²) in [5, 5.41) is 18.2. The van der Waals surface area contributed by atoms with E-state index < -0.39 is 0 Å². The summed E-state index contributed by atoms with van der Waals surface area (Å²) in [7, 11) is 0. The van der Waals surface area contributed by atoms with Crippen molar-refractivity contribution in [3.8, 4) is 22.3 Å². The Kier molecular flexibility index (Phi) is 7.14. The minimum absolute atomic E-state index is 0.0123. The molecule has 0 fully saturated rings. The van der Waals surface area contributed by atoms with Gasteiger partial charge in [0.25, 0.3) is 0 Å². The fourth-order valence-electron chi connectivity index (χ4n) is 9.52. The van der Waals surface area contributed by atoms with Crippen molar-refractivity contribution in [2.24, 2.45) is 0 Å². The molecular weight excluding hydrogens is 665 g/mol. The van der Waals surface area contributed by atoms with Crippen LogP contribution in [0.3, 0.4) is 0 Å². The highest BCUT2D eigenvalue weighted by Gasteiger charge is 2.37. The number of fused-ring (bicyclic) bond motifs is 10. The molecule has 2 heteroatoms. The third-order valence-electron chi connectivity index (χ3n) is 12.3. The van der Waals surface area contributed by atoms with Crippen molar-refractivity contribution in [2.45, 2.75) is 31.5 Å². The number of rotatable bonds is 4. The standard InChI is InChI=1S/C53H40N2/c1-53(2)47-25-13-24-39(51(47)46-29-34-16-6-7-17-35(34)31-48(46)53)36-18-12-19-37(28-36)49-32-50(55-52(54-49)33-14-4-3-5-15-33)38-26-27-44-42-22-9-8-20-40(42)41-21-10-11-23-43(41)45(44)30-38/h3-32,50,52,54-55H,1-2H3. The molecule has 0 saturated carbocycles. The highest BCUT2D eigenvalue weighted by atomic mass is 15.2. The predicted octanol–water partition coefficient (Wildman–Crippen LogP) is 13.2. The molecule has 0 radical (unpaired) electrons. The molecule has 1 aliphatic heterocycles. The van der Waals surface area contributed by atoms with Crippen LogP contribution in [0.15, 0.2) is 182 Å². The maximum atomic E-state index is 3.96. The van der Waals surface area contributed by atoms with Gasteiger partial charge in [0, 0.05) is 11.1 Å². The summed E-state index contributed by atoms with van der Waals surface area (Å²) in [4.78, 5) is 0. The summed E-state index contributed by atoms with van der Waals surface area (Å²) in [6.45, 7) is 4.75. The van der Waals surface area contributed by atoms with Gasteiger partial charge in [-0.25, -0.2) is 0 Å². The van der Waals surface area contributed by atoms with Gasteiger partial charge in [-0.3, -0.25) is 5.32 Å². The Bertz CT molecular complexity index is 2990. The van der Waals surface area contributed by atoms with Gasteiger partial charge in [0.1, 0.15) is 6.17 Å². The molecule has 1 aliphatic carbocycles. The van der Waals surface area contributed by atoms with Crippen molar-refractivity contribution in [1.82, 2.24) is 10.6 Å². The molecule has 9 aromatic rings. The van der Waals surface area contributed by atoms with Crippen molar-refractivity contribution < 1.29 is 0 Å². The van der Waals surface area contributed by atoms with Crippen molar-refractivity contribution in [2.75, 3.05) is 0 Å². The van der Waals surface area contributed by atoms with Crippen LogP contribution < -0.4 is 10.6 Å². The number of nitrogens with one attached hydrogen (secondary N) is 2. The van der Waals surface area contributed by atoms with Crippen LogP contribution in [0, 0.1) is 0 Å². The van der Waals surface area contributed by atoms with E-state index in [1.807, 2.05) is 0 Å². The van der Waals surface area contributed by atoms with Crippen LogP contribution in [0.1, 0.15) is 53.9 Å². The molecule has 2 N–H and O–H groups in total. The fourth-order valence-corrected chi connectivity index (χ4v) is 9.52. The van der Waals surface area contributed by atoms with E-state index in [0.717, 1.165) is 5.70 Å². The SMILES string of the molecule is CC1(C)c2cc3ccccc3cc2-c2c(-c3cccc(C4=CC(c5ccc6c7ccccc7c7ccccc7c6c5)NC(c5ccccc5)N4)c3)cccc21. The zero-order valence-corrected chi connectivity index (χ0v) is 31.0. The summed E-state index contributed by atoms with van der Waals surface area (Å²) >= 11 is 0. The van der Waals surface area contributed by atoms with Gasteiger partial charge in [-0.05, 0) is 124 Å². The molecule has 11 rings (SSSR count). The van der Waals surface area contributed by atoms with Gasteiger partial charge in [-0.2, -0.15) is 0 Å². The van der Waals surface area contributed by atoms with Crippen molar-refractivity contribution in [1.29, 1.82) is 0 Å². The highest BCUT2D eigenvalue weighted by Crippen LogP contribution is 2.53. The van der Waals surface area contributed by atoms with Gasteiger partial charge in [0.05, 0.1) is 6.04 Å². The molecule has 2 aliphatic rings. The largest absolute Gasteiger partial charge is 0.366 e. The third kappa shape index (κ3) is 5.06. The molecule has 2 nitrogen and oxygen atoms in total. The van der Waals surface area contributed by atoms with Crippen LogP contribution in [0.5, 0.6) is 0 Å². The average molecular weight is 705 g/mol. The smallest absolute Gasteiger partial charge is 0.104 e. The second-order valence-electron chi connectivity index (χ2n) is 15.8. The van der Waals surface area contributed by atoms with Crippen molar-refractivity contribution >= 4 is 48.8 Å². The van der Waals surface area contributed by atoms with Gasteiger partial charge in [0.15, 0.2) is 0 Å². The van der Waals surface area contributed by atoms with E-state index in [-0.39, 0.29) is 17.6 Å². The summed E-state index contributed by atoms with van der Waals surface area (Å²) in [6, 6.07) is 65.0. The van der Waals surface area contributed by atoms with Crippen molar-refractivity contribution in [3.05, 3.63) is 210 Å². The molecule has 262 valence electrons. The zero-order chi connectivity index (χ0) is 36.7. The van der Waals surface area contributed by atoms with Crippen LogP contribution in [0.4, 0.5) is 0 Å². The second-order valence-corrected chi connectivity index (χ2v) is 15.8.